The van der Waals surface area contributed by atoms with Crippen molar-refractivity contribution in [1.29, 1.82) is 0 Å². The lowest BCUT2D eigenvalue weighted by Gasteiger charge is -2.25. The highest BCUT2D eigenvalue weighted by Crippen LogP contribution is 2.44. The molecule has 12 heteroatoms. The Morgan fingerprint density at radius 1 is 1.11 bits per heavy atom. The SMILES string of the molecule is COc1cc(C(=O)N2CCC[C@H]2COC(C)=O)c(N)cc1OCCCCCC(=O)N1C[C@@H](CCl)c2c1c(C(=O)O)[c]c1ccccc21. The van der Waals surface area contributed by atoms with Crippen LogP contribution in [0.5, 0.6) is 11.5 Å². The molecule has 2 heterocycles. The maximum absolute atomic E-state index is 13.4. The van der Waals surface area contributed by atoms with Crippen molar-refractivity contribution < 1.29 is 38.5 Å². The van der Waals surface area contributed by atoms with Gasteiger partial charge >= 0.3 is 11.9 Å². The Labute approximate surface area is 278 Å². The predicted molar refractivity (Wildman–Crippen MR) is 178 cm³/mol. The summed E-state index contributed by atoms with van der Waals surface area (Å²) in [5, 5.41) is 11.5. The summed E-state index contributed by atoms with van der Waals surface area (Å²) in [6.45, 7) is 2.68. The van der Waals surface area contributed by atoms with Gasteiger partial charge in [-0.1, -0.05) is 24.3 Å². The van der Waals surface area contributed by atoms with Gasteiger partial charge in [0.1, 0.15) is 6.61 Å². The predicted octanol–water partition coefficient (Wildman–Crippen LogP) is 5.41. The molecule has 1 fully saturated rings. The van der Waals surface area contributed by atoms with Crippen LogP contribution in [0.15, 0.2) is 36.4 Å². The van der Waals surface area contributed by atoms with Crippen LogP contribution in [0.2, 0.25) is 0 Å². The van der Waals surface area contributed by atoms with Crippen LogP contribution in [-0.2, 0) is 14.3 Å². The summed E-state index contributed by atoms with van der Waals surface area (Å²) < 4.78 is 16.6. The number of alkyl halides is 1. The number of amides is 2. The minimum absolute atomic E-state index is 0.0174. The molecule has 0 spiro atoms. The summed E-state index contributed by atoms with van der Waals surface area (Å²) >= 11 is 6.30. The number of anilines is 2. The number of benzene rings is 3. The number of halogens is 1. The Kier molecular flexibility index (Phi) is 10.8. The molecule has 249 valence electrons. The van der Waals surface area contributed by atoms with Crippen molar-refractivity contribution in [2.24, 2.45) is 0 Å². The van der Waals surface area contributed by atoms with Crippen molar-refractivity contribution >= 4 is 57.5 Å². The maximum atomic E-state index is 13.4. The van der Waals surface area contributed by atoms with Gasteiger partial charge in [-0.2, -0.15) is 0 Å². The standard InChI is InChI=1S/C35H39ClN3O8/c1-21(40)47-20-24-10-8-13-38(24)34(42)26-16-29(45-2)30(17-28(26)37)46-14-7-3-4-12-31(41)39-19-23(18-36)32-25-11-6-5-9-22(25)15-27(33(32)39)35(43)44/h5-6,9,11,16-17,23-24H,3-4,7-8,10,12-14,18-20,37H2,1-2H3,(H,43,44)/t23-,24+/m1/s1. The first-order valence-corrected chi connectivity index (χ1v) is 16.3. The Morgan fingerprint density at radius 2 is 1.89 bits per heavy atom. The van der Waals surface area contributed by atoms with Crippen LogP contribution in [0.3, 0.4) is 0 Å². The fourth-order valence-corrected chi connectivity index (χ4v) is 6.69. The fraction of sp³-hybridized carbons (Fsp3) is 0.429. The molecule has 2 amide bonds. The summed E-state index contributed by atoms with van der Waals surface area (Å²) in [6.07, 6.45) is 3.69. The van der Waals surface area contributed by atoms with Crippen molar-refractivity contribution in [3.63, 3.8) is 0 Å². The number of hydrogen-bond acceptors (Lipinski definition) is 8. The van der Waals surface area contributed by atoms with Crippen molar-refractivity contribution in [3.8, 4) is 11.5 Å². The maximum Gasteiger partial charge on any atom is 0.338 e. The molecule has 0 aliphatic carbocycles. The van der Waals surface area contributed by atoms with Crippen LogP contribution in [0, 0.1) is 6.07 Å². The molecule has 5 rings (SSSR count). The molecular formula is C35H39ClN3O8. The highest BCUT2D eigenvalue weighted by Gasteiger charge is 2.37. The molecule has 0 bridgehead atoms. The molecule has 0 aromatic heterocycles. The zero-order valence-electron chi connectivity index (χ0n) is 26.6. The summed E-state index contributed by atoms with van der Waals surface area (Å²) in [5.74, 6) is -1.08. The molecule has 11 nitrogen and oxygen atoms in total. The lowest BCUT2D eigenvalue weighted by Crippen LogP contribution is -2.39. The van der Waals surface area contributed by atoms with Crippen LogP contribution in [0.1, 0.15) is 77.6 Å². The Bertz CT molecular complexity index is 1680. The molecule has 3 aromatic rings. The molecule has 1 saturated heterocycles. The number of carbonyl (C=O) groups is 4. The van der Waals surface area contributed by atoms with Gasteiger partial charge < -0.3 is 34.9 Å². The zero-order chi connectivity index (χ0) is 33.7. The number of rotatable bonds is 13. The summed E-state index contributed by atoms with van der Waals surface area (Å²) in [4.78, 5) is 53.4. The van der Waals surface area contributed by atoms with Gasteiger partial charge in [0.2, 0.25) is 5.91 Å². The molecule has 2 aliphatic heterocycles. The smallest absolute Gasteiger partial charge is 0.338 e. The topological polar surface area (TPSA) is 149 Å². The lowest BCUT2D eigenvalue weighted by molar-refractivity contribution is -0.142. The first kappa shape index (κ1) is 33.8. The van der Waals surface area contributed by atoms with Crippen molar-refractivity contribution in [1.82, 2.24) is 4.90 Å². The lowest BCUT2D eigenvalue weighted by atomic mass is 9.93. The van der Waals surface area contributed by atoms with Crippen molar-refractivity contribution in [3.05, 3.63) is 59.2 Å². The van der Waals surface area contributed by atoms with Gasteiger partial charge in [-0.25, -0.2) is 4.79 Å². The van der Waals surface area contributed by atoms with Gasteiger partial charge in [-0.15, -0.1) is 11.6 Å². The van der Waals surface area contributed by atoms with Crippen LogP contribution < -0.4 is 20.1 Å². The average molecular weight is 665 g/mol. The number of nitrogens with zero attached hydrogens (tertiary/aromatic N) is 2. The summed E-state index contributed by atoms with van der Waals surface area (Å²) in [6, 6.07) is 13.4. The van der Waals surface area contributed by atoms with Gasteiger partial charge in [0.05, 0.1) is 36.6 Å². The van der Waals surface area contributed by atoms with Crippen LogP contribution >= 0.6 is 11.6 Å². The monoisotopic (exact) mass is 664 g/mol. The number of carboxylic acids is 1. The molecule has 2 atom stereocenters. The first-order valence-electron chi connectivity index (χ1n) is 15.8. The Hall–Kier alpha value is -4.51. The second-order valence-corrected chi connectivity index (χ2v) is 12.1. The van der Waals surface area contributed by atoms with E-state index >= 15 is 0 Å². The van der Waals surface area contributed by atoms with Gasteiger partial charge in [-0.05, 0) is 54.5 Å². The van der Waals surface area contributed by atoms with E-state index in [0.717, 1.165) is 23.8 Å². The van der Waals surface area contributed by atoms with Crippen LogP contribution in [0.25, 0.3) is 10.8 Å². The minimum atomic E-state index is -1.13. The second kappa shape index (κ2) is 14.9. The number of likely N-dealkylation sites (tertiary alicyclic amines) is 1. The minimum Gasteiger partial charge on any atom is -0.493 e. The highest BCUT2D eigenvalue weighted by atomic mass is 35.5. The number of carboxylic acid groups (broad SMARTS) is 1. The molecule has 47 heavy (non-hydrogen) atoms. The van der Waals surface area contributed by atoms with E-state index in [1.54, 1.807) is 21.9 Å². The van der Waals surface area contributed by atoms with E-state index < -0.39 is 11.9 Å². The largest absolute Gasteiger partial charge is 0.493 e. The van der Waals surface area contributed by atoms with E-state index in [-0.39, 0.29) is 53.9 Å². The number of hydrogen-bond donors (Lipinski definition) is 2. The third-order valence-electron chi connectivity index (χ3n) is 8.73. The van der Waals surface area contributed by atoms with E-state index in [1.807, 2.05) is 24.3 Å². The van der Waals surface area contributed by atoms with E-state index in [2.05, 4.69) is 6.07 Å². The van der Waals surface area contributed by atoms with Crippen molar-refractivity contribution in [2.45, 2.75) is 57.4 Å². The number of nitrogen functional groups attached to an aromatic ring is 1. The van der Waals surface area contributed by atoms with Crippen LogP contribution in [-0.4, -0.2) is 79.1 Å². The molecule has 0 unspecified atom stereocenters. The fourth-order valence-electron chi connectivity index (χ4n) is 6.44. The number of aromatic carboxylic acids is 1. The molecule has 3 N–H and O–H groups in total. The molecule has 3 aromatic carbocycles. The molecule has 2 aliphatic rings. The average Bonchev–Trinajstić information content (AvgIpc) is 3.70. The molecular weight excluding hydrogens is 626 g/mol. The number of carbonyl (C=O) groups excluding carboxylic acids is 3. The Morgan fingerprint density at radius 3 is 2.62 bits per heavy atom. The zero-order valence-corrected chi connectivity index (χ0v) is 27.3. The Balaban J connectivity index is 1.16. The van der Waals surface area contributed by atoms with Gasteiger partial charge in [0.15, 0.2) is 11.5 Å². The number of methoxy groups -OCH3 is 1. The van der Waals surface area contributed by atoms with Crippen LogP contribution in [0.4, 0.5) is 11.4 Å². The number of ether oxygens (including phenoxy) is 3. The van der Waals surface area contributed by atoms with E-state index in [4.69, 9.17) is 31.5 Å². The third-order valence-corrected chi connectivity index (χ3v) is 9.10. The van der Waals surface area contributed by atoms with Gasteiger partial charge in [-0.3, -0.25) is 14.4 Å². The third kappa shape index (κ3) is 7.25. The quantitative estimate of drug-likeness (QED) is 0.106. The number of nitrogens with two attached hydrogens (primary N) is 1. The van der Waals surface area contributed by atoms with E-state index in [9.17, 15) is 24.3 Å². The summed E-state index contributed by atoms with van der Waals surface area (Å²) in [7, 11) is 1.49. The highest BCUT2D eigenvalue weighted by molar-refractivity contribution is 6.19. The molecule has 1 radical (unpaired) electrons. The number of unbranched alkanes of at least 4 members (excludes halogenated alkanes) is 2. The molecule has 0 saturated carbocycles. The second-order valence-electron chi connectivity index (χ2n) is 11.8. The number of esters is 1. The van der Waals surface area contributed by atoms with E-state index in [1.165, 1.54) is 14.0 Å². The normalized spacial score (nSPS) is 17.1. The number of fused-ring (bicyclic) bond motifs is 3. The van der Waals surface area contributed by atoms with Crippen molar-refractivity contribution in [2.75, 3.05) is 49.9 Å². The van der Waals surface area contributed by atoms with Gasteiger partial charge in [0.25, 0.3) is 5.91 Å². The summed E-state index contributed by atoms with van der Waals surface area (Å²) in [5.41, 5.74) is 7.99. The first-order chi connectivity index (χ1) is 22.6. The van der Waals surface area contributed by atoms with E-state index in [0.29, 0.717) is 67.1 Å². The van der Waals surface area contributed by atoms with Gasteiger partial charge in [0, 0.05) is 56.1 Å².